The van der Waals surface area contributed by atoms with Crippen LogP contribution < -0.4 is 0 Å². The summed E-state index contributed by atoms with van der Waals surface area (Å²) in [6.45, 7) is 20.5. The molecule has 28 heavy (non-hydrogen) atoms. The van der Waals surface area contributed by atoms with E-state index in [9.17, 15) is 0 Å². The monoisotopic (exact) mass is 362 g/mol. The average Bonchev–Trinajstić information content (AvgIpc) is 2.73. The van der Waals surface area contributed by atoms with Crippen LogP contribution in [0.15, 0.2) is 62.7 Å². The molecule has 0 aromatic heterocycles. The molecule has 0 spiro atoms. The molecule has 3 aromatic rings. The number of fused-ring (bicyclic) bond motifs is 3. The molecule has 0 amide bonds. The van der Waals surface area contributed by atoms with Crippen molar-refractivity contribution in [1.29, 1.82) is 0 Å². The Labute approximate surface area is 168 Å². The summed E-state index contributed by atoms with van der Waals surface area (Å²) in [5, 5.41) is 4.73. The van der Waals surface area contributed by atoms with Gasteiger partial charge in [0.2, 0.25) is 0 Å². The van der Waals surface area contributed by atoms with E-state index in [1.807, 2.05) is 38.2 Å². The van der Waals surface area contributed by atoms with Gasteiger partial charge in [-0.3, -0.25) is 0 Å². The topological polar surface area (TPSA) is 0 Å². The van der Waals surface area contributed by atoms with Crippen molar-refractivity contribution in [2.75, 3.05) is 0 Å². The van der Waals surface area contributed by atoms with E-state index in [0.29, 0.717) is 0 Å². The first-order chi connectivity index (χ1) is 13.7. The summed E-state index contributed by atoms with van der Waals surface area (Å²) in [5.74, 6) is 0. The van der Waals surface area contributed by atoms with E-state index in [2.05, 4.69) is 74.9 Å². The third kappa shape index (κ3) is 2.78. The maximum atomic E-state index is 4.14. The summed E-state index contributed by atoms with van der Waals surface area (Å²) in [7, 11) is 0. The zero-order chi connectivity index (χ0) is 20.3. The van der Waals surface area contributed by atoms with Gasteiger partial charge in [-0.05, 0) is 68.8 Å². The van der Waals surface area contributed by atoms with Crippen LogP contribution in [0.3, 0.4) is 0 Å². The minimum Gasteiger partial charge on any atom is -0.0984 e. The van der Waals surface area contributed by atoms with Gasteiger partial charge in [-0.1, -0.05) is 99.2 Å². The van der Waals surface area contributed by atoms with Gasteiger partial charge in [0.15, 0.2) is 0 Å². The molecular formula is C28H26. The van der Waals surface area contributed by atoms with E-state index >= 15 is 0 Å². The molecule has 0 fully saturated rings. The molecule has 0 unspecified atom stereocenters. The van der Waals surface area contributed by atoms with Crippen molar-refractivity contribution in [3.8, 4) is 0 Å². The van der Waals surface area contributed by atoms with E-state index < -0.39 is 0 Å². The van der Waals surface area contributed by atoms with Gasteiger partial charge in [0.05, 0.1) is 0 Å². The Balaban J connectivity index is 2.88. The molecular weight excluding hydrogens is 336 g/mol. The van der Waals surface area contributed by atoms with E-state index in [1.54, 1.807) is 0 Å². The molecule has 0 atom stereocenters. The van der Waals surface area contributed by atoms with Gasteiger partial charge in [-0.15, -0.1) is 0 Å². The van der Waals surface area contributed by atoms with Crippen LogP contribution >= 0.6 is 0 Å². The summed E-state index contributed by atoms with van der Waals surface area (Å²) in [6, 6.07) is 8.49. The third-order valence-corrected chi connectivity index (χ3v) is 5.19. The number of rotatable bonds is 6. The summed E-state index contributed by atoms with van der Waals surface area (Å²) in [4.78, 5) is 0. The van der Waals surface area contributed by atoms with Gasteiger partial charge in [0.1, 0.15) is 0 Å². The molecule has 0 radical (unpaired) electrons. The molecule has 138 valence electrons. The van der Waals surface area contributed by atoms with Gasteiger partial charge in [-0.25, -0.2) is 0 Å². The molecule has 0 saturated carbocycles. The lowest BCUT2D eigenvalue weighted by atomic mass is 9.82. The molecule has 0 aliphatic heterocycles. The predicted molar refractivity (Wildman–Crippen MR) is 131 cm³/mol. The fraction of sp³-hybridized carbons (Fsp3) is 0.0714. The predicted octanol–water partition coefficient (Wildman–Crippen LogP) is 8.63. The van der Waals surface area contributed by atoms with Crippen molar-refractivity contribution < 1.29 is 0 Å². The van der Waals surface area contributed by atoms with Crippen LogP contribution in [0.25, 0.3) is 58.0 Å². The van der Waals surface area contributed by atoms with Crippen LogP contribution in [0.5, 0.6) is 0 Å². The highest BCUT2D eigenvalue weighted by atomic mass is 14.2. The highest BCUT2D eigenvalue weighted by Crippen LogP contribution is 2.42. The first-order valence-electron chi connectivity index (χ1n) is 9.51. The van der Waals surface area contributed by atoms with Crippen molar-refractivity contribution >= 4 is 58.0 Å². The van der Waals surface area contributed by atoms with Crippen LogP contribution in [-0.4, -0.2) is 0 Å². The van der Waals surface area contributed by atoms with Crippen LogP contribution in [0.4, 0.5) is 0 Å². The highest BCUT2D eigenvalue weighted by Gasteiger charge is 2.20. The normalized spacial score (nSPS) is 11.5. The van der Waals surface area contributed by atoms with Gasteiger partial charge in [0.25, 0.3) is 0 Å². The third-order valence-electron chi connectivity index (χ3n) is 5.19. The molecule has 0 heteroatoms. The fourth-order valence-corrected chi connectivity index (χ4v) is 4.15. The molecule has 0 bridgehead atoms. The van der Waals surface area contributed by atoms with Crippen LogP contribution in [-0.2, 0) is 0 Å². The maximum absolute atomic E-state index is 4.14. The number of hydrogen-bond acceptors (Lipinski definition) is 0. The Morgan fingerprint density at radius 3 is 1.57 bits per heavy atom. The minimum absolute atomic E-state index is 1.09. The summed E-state index contributed by atoms with van der Waals surface area (Å²) >= 11 is 0. The van der Waals surface area contributed by atoms with Gasteiger partial charge >= 0.3 is 0 Å². The van der Waals surface area contributed by atoms with Gasteiger partial charge < -0.3 is 0 Å². The Kier molecular flexibility index (Phi) is 5.61. The standard InChI is InChI=1S/C28H26/c1-7-15-23-20(10-4)25(16-8-2)28-26-18-14-13-17-24(26)19(9-3)21(11-5)27(28)22(23)12-6/h7-18H,3-6H2,1-2H3/b15-7-,16-8-. The second-order valence-electron chi connectivity index (χ2n) is 6.59. The zero-order valence-electron chi connectivity index (χ0n) is 16.8. The van der Waals surface area contributed by atoms with Crippen LogP contribution in [0.2, 0.25) is 0 Å². The van der Waals surface area contributed by atoms with Crippen molar-refractivity contribution in [2.24, 2.45) is 0 Å². The fourth-order valence-electron chi connectivity index (χ4n) is 4.15. The molecule has 0 aliphatic carbocycles. The molecule has 0 aliphatic rings. The molecule has 0 heterocycles. The van der Waals surface area contributed by atoms with Crippen molar-refractivity contribution in [2.45, 2.75) is 13.8 Å². The summed E-state index contributed by atoms with van der Waals surface area (Å²) in [6.07, 6.45) is 16.2. The second-order valence-corrected chi connectivity index (χ2v) is 6.59. The summed E-state index contributed by atoms with van der Waals surface area (Å²) < 4.78 is 0. The molecule has 0 nitrogen and oxygen atoms in total. The highest BCUT2D eigenvalue weighted by molar-refractivity contribution is 6.21. The Hall–Kier alpha value is -3.38. The van der Waals surface area contributed by atoms with Crippen LogP contribution in [0.1, 0.15) is 47.2 Å². The Bertz CT molecular complexity index is 1180. The van der Waals surface area contributed by atoms with E-state index in [4.69, 9.17) is 0 Å². The molecule has 0 N–H and O–H groups in total. The van der Waals surface area contributed by atoms with E-state index in [-0.39, 0.29) is 0 Å². The van der Waals surface area contributed by atoms with Gasteiger partial charge in [-0.2, -0.15) is 0 Å². The quantitative estimate of drug-likeness (QED) is 0.385. The summed E-state index contributed by atoms with van der Waals surface area (Å²) in [5.41, 5.74) is 6.70. The smallest absolute Gasteiger partial charge is 0.00140 e. The van der Waals surface area contributed by atoms with Crippen molar-refractivity contribution in [3.05, 3.63) is 96.1 Å². The van der Waals surface area contributed by atoms with E-state index in [0.717, 1.165) is 33.2 Å². The van der Waals surface area contributed by atoms with Crippen LogP contribution in [0, 0.1) is 0 Å². The van der Waals surface area contributed by atoms with Crippen molar-refractivity contribution in [1.82, 2.24) is 0 Å². The lowest BCUT2D eigenvalue weighted by molar-refractivity contribution is 1.58. The first kappa shape index (κ1) is 19.4. The van der Waals surface area contributed by atoms with Gasteiger partial charge in [0, 0.05) is 0 Å². The zero-order valence-corrected chi connectivity index (χ0v) is 16.8. The first-order valence-corrected chi connectivity index (χ1v) is 9.51. The number of hydrogen-bond donors (Lipinski definition) is 0. The molecule has 0 saturated heterocycles. The maximum Gasteiger partial charge on any atom is -0.00140 e. The lowest BCUT2D eigenvalue weighted by Crippen LogP contribution is -1.99. The lowest BCUT2D eigenvalue weighted by Gasteiger charge is -2.21. The van der Waals surface area contributed by atoms with Crippen molar-refractivity contribution in [3.63, 3.8) is 0 Å². The Morgan fingerprint density at radius 2 is 1.04 bits per heavy atom. The molecule has 3 aromatic carbocycles. The average molecular weight is 363 g/mol. The number of benzene rings is 3. The largest absolute Gasteiger partial charge is 0.0984 e. The SMILES string of the molecule is C=Cc1c(/C=C\C)c(C=C)c2c(C=C)c(C=C)c3ccccc3c2c1/C=C\C. The second kappa shape index (κ2) is 8.10. The van der Waals surface area contributed by atoms with E-state index in [1.165, 1.54) is 21.7 Å². The minimum atomic E-state index is 1.09. The molecule has 3 rings (SSSR count). The Morgan fingerprint density at radius 1 is 0.536 bits per heavy atom. The number of allylic oxidation sites excluding steroid dienone is 2.